The van der Waals surface area contributed by atoms with Gasteiger partial charge in [0, 0.05) is 5.92 Å². The van der Waals surface area contributed by atoms with Gasteiger partial charge in [-0.25, -0.2) is 17.6 Å². The van der Waals surface area contributed by atoms with Crippen LogP contribution in [0.3, 0.4) is 0 Å². The molecule has 0 saturated heterocycles. The maximum atomic E-state index is 13.0. The molecule has 0 aliphatic carbocycles. The summed E-state index contributed by atoms with van der Waals surface area (Å²) >= 11 is 0. The lowest BCUT2D eigenvalue weighted by molar-refractivity contribution is -0.139. The summed E-state index contributed by atoms with van der Waals surface area (Å²) in [4.78, 5) is 10.2. The molecule has 84 valence electrons. The van der Waals surface area contributed by atoms with Crippen LogP contribution >= 0.6 is 0 Å². The predicted octanol–water partition coefficient (Wildman–Crippen LogP) is 2.43. The lowest BCUT2D eigenvalue weighted by atomic mass is 9.94. The number of carboxylic acid groups (broad SMARTS) is 1. The van der Waals surface area contributed by atoms with Gasteiger partial charge in [-0.15, -0.1) is 0 Å². The highest BCUT2D eigenvalue weighted by molar-refractivity contribution is 5.67. The second kappa shape index (κ2) is 5.82. The van der Waals surface area contributed by atoms with Crippen molar-refractivity contribution >= 4 is 5.97 Å². The second-order valence-electron chi connectivity index (χ2n) is 2.99. The first-order valence-corrected chi connectivity index (χ1v) is 4.18. The Kier molecular flexibility index (Phi) is 5.49. The summed E-state index contributed by atoms with van der Waals surface area (Å²) in [5, 5.41) is 8.31. The van der Waals surface area contributed by atoms with E-state index in [-0.39, 0.29) is 6.42 Å². The fourth-order valence-corrected chi connectivity index (χ4v) is 1.11. The SMILES string of the molecule is CCC(CC(=O)O)C(F)C(F)C(F)F. The smallest absolute Gasteiger partial charge is 0.303 e. The fourth-order valence-electron chi connectivity index (χ4n) is 1.11. The molecular formula is C8H12F4O2. The highest BCUT2D eigenvalue weighted by Gasteiger charge is 2.35. The van der Waals surface area contributed by atoms with Crippen LogP contribution in [-0.2, 0) is 4.79 Å². The van der Waals surface area contributed by atoms with Crippen molar-refractivity contribution in [2.75, 3.05) is 0 Å². The van der Waals surface area contributed by atoms with E-state index < -0.39 is 37.1 Å². The van der Waals surface area contributed by atoms with E-state index in [0.717, 1.165) is 0 Å². The lowest BCUT2D eigenvalue weighted by Gasteiger charge is -2.20. The molecule has 0 bridgehead atoms. The third-order valence-corrected chi connectivity index (χ3v) is 1.96. The van der Waals surface area contributed by atoms with E-state index in [0.29, 0.717) is 0 Å². The van der Waals surface area contributed by atoms with E-state index in [4.69, 9.17) is 5.11 Å². The third kappa shape index (κ3) is 3.93. The maximum Gasteiger partial charge on any atom is 0.303 e. The summed E-state index contributed by atoms with van der Waals surface area (Å²) < 4.78 is 48.9. The molecule has 3 atom stereocenters. The van der Waals surface area contributed by atoms with Gasteiger partial charge in [0.2, 0.25) is 0 Å². The molecule has 0 radical (unpaired) electrons. The van der Waals surface area contributed by atoms with Crippen LogP contribution in [0.15, 0.2) is 0 Å². The summed E-state index contributed by atoms with van der Waals surface area (Å²) in [6.45, 7) is 1.43. The molecule has 0 amide bonds. The Morgan fingerprint density at radius 1 is 1.21 bits per heavy atom. The number of hydrogen-bond acceptors (Lipinski definition) is 1. The molecule has 0 heterocycles. The predicted molar refractivity (Wildman–Crippen MR) is 41.8 cm³/mol. The molecule has 0 rings (SSSR count). The quantitative estimate of drug-likeness (QED) is 0.692. The van der Waals surface area contributed by atoms with Crippen LogP contribution in [-0.4, -0.2) is 29.8 Å². The summed E-state index contributed by atoms with van der Waals surface area (Å²) in [7, 11) is 0. The number of halogens is 4. The van der Waals surface area contributed by atoms with Gasteiger partial charge in [0.15, 0.2) is 6.17 Å². The molecule has 0 aromatic heterocycles. The molecule has 0 aliphatic rings. The largest absolute Gasteiger partial charge is 0.481 e. The Bertz CT molecular complexity index is 186. The zero-order valence-corrected chi connectivity index (χ0v) is 7.59. The highest BCUT2D eigenvalue weighted by Crippen LogP contribution is 2.24. The number of aliphatic carboxylic acids is 1. The fraction of sp³-hybridized carbons (Fsp3) is 0.875. The van der Waals surface area contributed by atoms with E-state index in [9.17, 15) is 22.4 Å². The van der Waals surface area contributed by atoms with Gasteiger partial charge in [0.05, 0.1) is 6.42 Å². The van der Waals surface area contributed by atoms with Crippen molar-refractivity contribution in [1.29, 1.82) is 0 Å². The zero-order chi connectivity index (χ0) is 11.3. The number of alkyl halides is 4. The van der Waals surface area contributed by atoms with E-state index in [1.807, 2.05) is 0 Å². The Morgan fingerprint density at radius 3 is 2.00 bits per heavy atom. The number of carboxylic acids is 1. The second-order valence-corrected chi connectivity index (χ2v) is 2.99. The first-order valence-electron chi connectivity index (χ1n) is 4.18. The Morgan fingerprint density at radius 2 is 1.71 bits per heavy atom. The summed E-state index contributed by atoms with van der Waals surface area (Å²) in [5.41, 5.74) is 0. The van der Waals surface area contributed by atoms with Crippen LogP contribution in [0.4, 0.5) is 17.6 Å². The molecule has 0 saturated carbocycles. The van der Waals surface area contributed by atoms with Crippen molar-refractivity contribution in [3.05, 3.63) is 0 Å². The molecule has 6 heteroatoms. The Hall–Kier alpha value is -0.810. The first-order chi connectivity index (χ1) is 6.40. The van der Waals surface area contributed by atoms with E-state index in [1.165, 1.54) is 6.92 Å². The minimum absolute atomic E-state index is 0.0145. The van der Waals surface area contributed by atoms with Crippen molar-refractivity contribution in [2.45, 2.75) is 38.5 Å². The van der Waals surface area contributed by atoms with Gasteiger partial charge in [-0.3, -0.25) is 4.79 Å². The van der Waals surface area contributed by atoms with Crippen molar-refractivity contribution in [3.8, 4) is 0 Å². The van der Waals surface area contributed by atoms with Gasteiger partial charge in [-0.05, 0) is 6.42 Å². The summed E-state index contributed by atoms with van der Waals surface area (Å²) in [5.74, 6) is -2.52. The normalized spacial score (nSPS) is 17.9. The molecule has 0 aromatic rings. The van der Waals surface area contributed by atoms with Gasteiger partial charge in [0.25, 0.3) is 6.43 Å². The lowest BCUT2D eigenvalue weighted by Crippen LogP contribution is -2.32. The van der Waals surface area contributed by atoms with Gasteiger partial charge in [0.1, 0.15) is 6.17 Å². The highest BCUT2D eigenvalue weighted by atomic mass is 19.3. The van der Waals surface area contributed by atoms with Crippen LogP contribution in [0.2, 0.25) is 0 Å². The maximum absolute atomic E-state index is 13.0. The number of carbonyl (C=O) groups is 1. The van der Waals surface area contributed by atoms with Crippen LogP contribution in [0.25, 0.3) is 0 Å². The van der Waals surface area contributed by atoms with Crippen LogP contribution in [0.5, 0.6) is 0 Å². The molecule has 0 aromatic carbocycles. The van der Waals surface area contributed by atoms with Gasteiger partial charge >= 0.3 is 5.97 Å². The standard InChI is InChI=1S/C8H12F4O2/c1-2-4(3-5(13)14)6(9)7(10)8(11)12/h4,6-8H,2-3H2,1H3,(H,13,14). The summed E-state index contributed by atoms with van der Waals surface area (Å²) in [6, 6.07) is 0. The molecule has 0 aliphatic heterocycles. The zero-order valence-electron chi connectivity index (χ0n) is 7.59. The monoisotopic (exact) mass is 216 g/mol. The van der Waals surface area contributed by atoms with Crippen molar-refractivity contribution in [3.63, 3.8) is 0 Å². The third-order valence-electron chi connectivity index (χ3n) is 1.96. The van der Waals surface area contributed by atoms with Gasteiger partial charge in [-0.2, -0.15) is 0 Å². The van der Waals surface area contributed by atoms with E-state index in [1.54, 1.807) is 0 Å². The van der Waals surface area contributed by atoms with Gasteiger partial charge < -0.3 is 5.11 Å². The van der Waals surface area contributed by atoms with Gasteiger partial charge in [-0.1, -0.05) is 6.92 Å². The number of hydrogen-bond donors (Lipinski definition) is 1. The molecule has 0 fully saturated rings. The molecule has 0 spiro atoms. The molecule has 1 N–H and O–H groups in total. The number of rotatable bonds is 6. The van der Waals surface area contributed by atoms with E-state index in [2.05, 4.69) is 0 Å². The average molecular weight is 216 g/mol. The molecular weight excluding hydrogens is 204 g/mol. The van der Waals surface area contributed by atoms with Crippen LogP contribution in [0, 0.1) is 5.92 Å². The first kappa shape index (κ1) is 13.2. The Balaban J connectivity index is 4.29. The van der Waals surface area contributed by atoms with E-state index >= 15 is 0 Å². The molecule has 2 nitrogen and oxygen atoms in total. The average Bonchev–Trinajstić information content (AvgIpc) is 2.11. The Labute approximate surface area is 78.9 Å². The minimum Gasteiger partial charge on any atom is -0.481 e. The van der Waals surface area contributed by atoms with Crippen molar-refractivity contribution in [2.24, 2.45) is 5.92 Å². The molecule has 14 heavy (non-hydrogen) atoms. The van der Waals surface area contributed by atoms with Crippen LogP contribution in [0.1, 0.15) is 19.8 Å². The minimum atomic E-state index is -3.41. The van der Waals surface area contributed by atoms with Crippen molar-refractivity contribution in [1.82, 2.24) is 0 Å². The summed E-state index contributed by atoms with van der Waals surface area (Å²) in [6.07, 6.45) is -9.35. The topological polar surface area (TPSA) is 37.3 Å². The van der Waals surface area contributed by atoms with Crippen molar-refractivity contribution < 1.29 is 27.5 Å². The van der Waals surface area contributed by atoms with Crippen LogP contribution < -0.4 is 0 Å². The molecule has 3 unspecified atom stereocenters.